The molecule has 3 N–H and O–H groups in total. The van der Waals surface area contributed by atoms with Crippen molar-refractivity contribution in [2.24, 2.45) is 5.84 Å². The van der Waals surface area contributed by atoms with E-state index >= 15 is 0 Å². The Balaban J connectivity index is 3.41. The van der Waals surface area contributed by atoms with E-state index in [1.54, 1.807) is 24.7 Å². The third-order valence-electron chi connectivity index (χ3n) is 2.14. The standard InChI is InChI=1S/C9H14N2O3S/c1-6-5-9(15(12,13)11-10)7(2)4-8(6)14-3/h4-5,11H,10H2,1-3H3. The molecule has 84 valence electrons. The first kappa shape index (κ1) is 12.0. The van der Waals surface area contributed by atoms with E-state index < -0.39 is 10.0 Å². The number of benzene rings is 1. The molecule has 1 aromatic rings. The fourth-order valence-corrected chi connectivity index (χ4v) is 2.28. The van der Waals surface area contributed by atoms with E-state index in [1.807, 2.05) is 0 Å². The molecule has 6 heteroatoms. The zero-order chi connectivity index (χ0) is 11.6. The second-order valence-corrected chi connectivity index (χ2v) is 4.89. The third-order valence-corrected chi connectivity index (χ3v) is 3.47. The predicted octanol–water partition coefficient (Wildman–Crippen LogP) is 0.464. The number of methoxy groups -OCH3 is 1. The fourth-order valence-electron chi connectivity index (χ4n) is 1.34. The number of sulfonamides is 1. The number of ether oxygens (including phenoxy) is 1. The highest BCUT2D eigenvalue weighted by atomic mass is 32.2. The average Bonchev–Trinajstić information content (AvgIpc) is 2.20. The van der Waals surface area contributed by atoms with Gasteiger partial charge in [-0.15, -0.1) is 0 Å². The Kier molecular flexibility index (Phi) is 3.33. The molecule has 0 amide bonds. The summed E-state index contributed by atoms with van der Waals surface area (Å²) in [4.78, 5) is 1.96. The van der Waals surface area contributed by atoms with Crippen LogP contribution in [0.4, 0.5) is 0 Å². The highest BCUT2D eigenvalue weighted by Gasteiger charge is 2.16. The molecule has 0 aliphatic rings. The van der Waals surface area contributed by atoms with Gasteiger partial charge in [-0.05, 0) is 37.1 Å². The Bertz CT molecular complexity index is 468. The molecule has 1 rings (SSSR count). The van der Waals surface area contributed by atoms with Gasteiger partial charge >= 0.3 is 0 Å². The molecule has 0 unspecified atom stereocenters. The van der Waals surface area contributed by atoms with E-state index in [0.29, 0.717) is 11.3 Å². The smallest absolute Gasteiger partial charge is 0.253 e. The first-order valence-electron chi connectivity index (χ1n) is 4.30. The van der Waals surface area contributed by atoms with E-state index in [1.165, 1.54) is 13.2 Å². The van der Waals surface area contributed by atoms with Gasteiger partial charge in [0.25, 0.3) is 10.0 Å². The van der Waals surface area contributed by atoms with Crippen molar-refractivity contribution in [1.29, 1.82) is 0 Å². The minimum Gasteiger partial charge on any atom is -0.496 e. The van der Waals surface area contributed by atoms with Crippen LogP contribution in [-0.4, -0.2) is 15.5 Å². The van der Waals surface area contributed by atoms with Gasteiger partial charge in [-0.1, -0.05) is 0 Å². The summed E-state index contributed by atoms with van der Waals surface area (Å²) in [5, 5.41) is 0. The minimum absolute atomic E-state index is 0.170. The molecular weight excluding hydrogens is 216 g/mol. The summed E-state index contributed by atoms with van der Waals surface area (Å²) >= 11 is 0. The fraction of sp³-hybridized carbons (Fsp3) is 0.333. The maximum atomic E-state index is 11.5. The second-order valence-electron chi connectivity index (χ2n) is 3.21. The van der Waals surface area contributed by atoms with E-state index in [2.05, 4.69) is 0 Å². The molecular formula is C9H14N2O3S. The zero-order valence-corrected chi connectivity index (χ0v) is 9.68. The number of aryl methyl sites for hydroxylation is 2. The molecule has 0 saturated carbocycles. The molecule has 0 spiro atoms. The van der Waals surface area contributed by atoms with Crippen LogP contribution in [-0.2, 0) is 10.0 Å². The molecule has 0 bridgehead atoms. The molecule has 0 aliphatic carbocycles. The van der Waals surface area contributed by atoms with Gasteiger partial charge in [-0.25, -0.2) is 8.42 Å². The Morgan fingerprint density at radius 1 is 1.27 bits per heavy atom. The Hall–Kier alpha value is -1.11. The van der Waals surface area contributed by atoms with Crippen LogP contribution in [0.3, 0.4) is 0 Å². The Labute approximate surface area is 89.3 Å². The van der Waals surface area contributed by atoms with E-state index in [-0.39, 0.29) is 4.90 Å². The van der Waals surface area contributed by atoms with Crippen molar-refractivity contribution in [3.05, 3.63) is 23.3 Å². The molecule has 0 fully saturated rings. The van der Waals surface area contributed by atoms with Crippen LogP contribution >= 0.6 is 0 Å². The number of hydrogen-bond donors (Lipinski definition) is 2. The zero-order valence-electron chi connectivity index (χ0n) is 8.87. The SMILES string of the molecule is COc1cc(C)c(S(=O)(=O)NN)cc1C. The minimum atomic E-state index is -3.60. The highest BCUT2D eigenvalue weighted by molar-refractivity contribution is 7.89. The molecule has 0 heterocycles. The van der Waals surface area contributed by atoms with E-state index in [0.717, 1.165) is 5.56 Å². The summed E-state index contributed by atoms with van der Waals surface area (Å²) in [6.45, 7) is 3.46. The maximum absolute atomic E-state index is 11.5. The molecule has 15 heavy (non-hydrogen) atoms. The van der Waals surface area contributed by atoms with Gasteiger partial charge in [0.15, 0.2) is 0 Å². The molecule has 0 saturated heterocycles. The molecule has 0 radical (unpaired) electrons. The first-order chi connectivity index (χ1) is 6.92. The van der Waals surface area contributed by atoms with E-state index in [4.69, 9.17) is 10.6 Å². The lowest BCUT2D eigenvalue weighted by molar-refractivity contribution is 0.411. The van der Waals surface area contributed by atoms with Gasteiger partial charge < -0.3 is 4.74 Å². The van der Waals surface area contributed by atoms with Crippen molar-refractivity contribution in [2.45, 2.75) is 18.7 Å². The van der Waals surface area contributed by atoms with E-state index in [9.17, 15) is 8.42 Å². The molecule has 0 aliphatic heterocycles. The van der Waals surface area contributed by atoms with Gasteiger partial charge in [-0.2, -0.15) is 4.83 Å². The van der Waals surface area contributed by atoms with Crippen molar-refractivity contribution < 1.29 is 13.2 Å². The lowest BCUT2D eigenvalue weighted by atomic mass is 10.1. The number of rotatable bonds is 3. The number of hydrazine groups is 1. The van der Waals surface area contributed by atoms with Gasteiger partial charge in [0.1, 0.15) is 5.75 Å². The lowest BCUT2D eigenvalue weighted by Gasteiger charge is -2.10. The van der Waals surface area contributed by atoms with Crippen molar-refractivity contribution >= 4 is 10.0 Å². The predicted molar refractivity (Wildman–Crippen MR) is 57.0 cm³/mol. The quantitative estimate of drug-likeness (QED) is 0.584. The van der Waals surface area contributed by atoms with Crippen LogP contribution in [0.1, 0.15) is 11.1 Å². The van der Waals surface area contributed by atoms with Crippen molar-refractivity contribution in [3.63, 3.8) is 0 Å². The van der Waals surface area contributed by atoms with Crippen LogP contribution in [0.5, 0.6) is 5.75 Å². The largest absolute Gasteiger partial charge is 0.496 e. The maximum Gasteiger partial charge on any atom is 0.253 e. The van der Waals surface area contributed by atoms with Crippen LogP contribution in [0, 0.1) is 13.8 Å². The number of nitrogens with two attached hydrogens (primary N) is 1. The summed E-state index contributed by atoms with van der Waals surface area (Å²) in [5.74, 6) is 5.61. The van der Waals surface area contributed by atoms with Gasteiger partial charge in [0, 0.05) is 0 Å². The van der Waals surface area contributed by atoms with Gasteiger partial charge in [0.2, 0.25) is 0 Å². The first-order valence-corrected chi connectivity index (χ1v) is 5.78. The van der Waals surface area contributed by atoms with Crippen LogP contribution < -0.4 is 15.4 Å². The van der Waals surface area contributed by atoms with Crippen molar-refractivity contribution in [2.75, 3.05) is 7.11 Å². The van der Waals surface area contributed by atoms with Crippen LogP contribution in [0.25, 0.3) is 0 Å². The van der Waals surface area contributed by atoms with Gasteiger partial charge in [0.05, 0.1) is 12.0 Å². The normalized spacial score (nSPS) is 11.5. The summed E-state index contributed by atoms with van der Waals surface area (Å²) in [5.41, 5.74) is 1.34. The molecule has 0 aromatic heterocycles. The summed E-state index contributed by atoms with van der Waals surface area (Å²) < 4.78 is 28.1. The lowest BCUT2D eigenvalue weighted by Crippen LogP contribution is -2.30. The number of hydrogen-bond acceptors (Lipinski definition) is 4. The summed E-state index contributed by atoms with van der Waals surface area (Å²) in [6, 6.07) is 3.20. The Morgan fingerprint density at radius 3 is 2.33 bits per heavy atom. The molecule has 5 nitrogen and oxygen atoms in total. The molecule has 1 aromatic carbocycles. The van der Waals surface area contributed by atoms with Gasteiger partial charge in [-0.3, -0.25) is 5.84 Å². The molecule has 0 atom stereocenters. The monoisotopic (exact) mass is 230 g/mol. The van der Waals surface area contributed by atoms with Crippen LogP contribution in [0.2, 0.25) is 0 Å². The van der Waals surface area contributed by atoms with Crippen molar-refractivity contribution in [1.82, 2.24) is 4.83 Å². The summed E-state index contributed by atoms with van der Waals surface area (Å²) in [6.07, 6.45) is 0. The highest BCUT2D eigenvalue weighted by Crippen LogP contribution is 2.24. The summed E-state index contributed by atoms with van der Waals surface area (Å²) in [7, 11) is -2.07. The second kappa shape index (κ2) is 4.18. The van der Waals surface area contributed by atoms with Crippen molar-refractivity contribution in [3.8, 4) is 5.75 Å². The third kappa shape index (κ3) is 2.28. The Morgan fingerprint density at radius 2 is 1.87 bits per heavy atom. The average molecular weight is 230 g/mol. The number of nitrogens with one attached hydrogen (secondary N) is 1. The van der Waals surface area contributed by atoms with Crippen LogP contribution in [0.15, 0.2) is 17.0 Å². The topological polar surface area (TPSA) is 81.4 Å².